The Bertz CT molecular complexity index is 1060. The van der Waals surface area contributed by atoms with E-state index in [2.05, 4.69) is 16.8 Å². The van der Waals surface area contributed by atoms with Crippen LogP contribution in [0.25, 0.3) is 0 Å². The third-order valence-corrected chi connectivity index (χ3v) is 6.71. The van der Waals surface area contributed by atoms with Gasteiger partial charge in [0.25, 0.3) is 0 Å². The fourth-order valence-electron chi connectivity index (χ4n) is 3.99. The largest absolute Gasteiger partial charge is 0.491 e. The molecule has 4 rings (SSSR count). The smallest absolute Gasteiger partial charge is 0.318 e. The number of rotatable bonds is 8. The SMILES string of the molecule is CCNC(=O)N(CC(=O)N1CCc2sccc2C1COc1ccc(C)cc1)Cc1ccco1. The van der Waals surface area contributed by atoms with Crippen molar-refractivity contribution >= 4 is 23.3 Å². The molecule has 1 aliphatic rings. The summed E-state index contributed by atoms with van der Waals surface area (Å²) in [4.78, 5) is 30.7. The van der Waals surface area contributed by atoms with Gasteiger partial charge in [-0.05, 0) is 61.5 Å². The third kappa shape index (κ3) is 5.57. The van der Waals surface area contributed by atoms with Crippen LogP contribution in [-0.4, -0.2) is 48.0 Å². The van der Waals surface area contributed by atoms with Crippen molar-refractivity contribution in [3.63, 3.8) is 0 Å². The lowest BCUT2D eigenvalue weighted by Gasteiger charge is -2.37. The minimum absolute atomic E-state index is 0.0347. The first-order valence-corrected chi connectivity index (χ1v) is 12.0. The number of benzene rings is 1. The summed E-state index contributed by atoms with van der Waals surface area (Å²) in [7, 11) is 0. The second-order valence-corrected chi connectivity index (χ2v) is 9.05. The number of nitrogens with zero attached hydrogens (tertiary/aromatic N) is 2. The first-order chi connectivity index (χ1) is 16.0. The number of thiophene rings is 1. The number of furan rings is 1. The third-order valence-electron chi connectivity index (χ3n) is 5.71. The summed E-state index contributed by atoms with van der Waals surface area (Å²) in [5, 5.41) is 4.86. The van der Waals surface area contributed by atoms with Gasteiger partial charge in [-0.2, -0.15) is 0 Å². The van der Waals surface area contributed by atoms with E-state index in [-0.39, 0.29) is 31.1 Å². The quantitative estimate of drug-likeness (QED) is 0.533. The summed E-state index contributed by atoms with van der Waals surface area (Å²) in [6, 6.07) is 13.1. The lowest BCUT2D eigenvalue weighted by Crippen LogP contribution is -2.49. The van der Waals surface area contributed by atoms with Gasteiger partial charge in [-0.15, -0.1) is 11.3 Å². The number of amides is 3. The van der Waals surface area contributed by atoms with Crippen LogP contribution in [0.15, 0.2) is 58.5 Å². The molecule has 8 heteroatoms. The second kappa shape index (κ2) is 10.6. The topological polar surface area (TPSA) is 75.0 Å². The van der Waals surface area contributed by atoms with E-state index < -0.39 is 0 Å². The minimum Gasteiger partial charge on any atom is -0.491 e. The normalized spacial score (nSPS) is 15.1. The Hall–Kier alpha value is -3.26. The van der Waals surface area contributed by atoms with E-state index >= 15 is 0 Å². The highest BCUT2D eigenvalue weighted by Gasteiger charge is 2.33. The Kier molecular flexibility index (Phi) is 7.34. The summed E-state index contributed by atoms with van der Waals surface area (Å²) in [6.07, 6.45) is 2.37. The number of fused-ring (bicyclic) bond motifs is 1. The highest BCUT2D eigenvalue weighted by Crippen LogP contribution is 2.34. The monoisotopic (exact) mass is 467 g/mol. The van der Waals surface area contributed by atoms with Crippen LogP contribution >= 0.6 is 11.3 Å². The molecule has 0 radical (unpaired) electrons. The van der Waals surface area contributed by atoms with Gasteiger partial charge in [-0.1, -0.05) is 17.7 Å². The Morgan fingerprint density at radius 1 is 1.24 bits per heavy atom. The van der Waals surface area contributed by atoms with Crippen molar-refractivity contribution in [3.8, 4) is 5.75 Å². The van der Waals surface area contributed by atoms with E-state index in [9.17, 15) is 9.59 Å². The zero-order valence-electron chi connectivity index (χ0n) is 19.0. The Morgan fingerprint density at radius 3 is 2.79 bits per heavy atom. The van der Waals surface area contributed by atoms with Crippen molar-refractivity contribution in [2.45, 2.75) is 32.9 Å². The van der Waals surface area contributed by atoms with E-state index in [1.165, 1.54) is 15.3 Å². The molecule has 1 atom stereocenters. The maximum Gasteiger partial charge on any atom is 0.318 e. The molecule has 0 fully saturated rings. The Labute approximate surface area is 197 Å². The van der Waals surface area contributed by atoms with Crippen molar-refractivity contribution in [3.05, 3.63) is 75.9 Å². The van der Waals surface area contributed by atoms with Crippen molar-refractivity contribution in [1.29, 1.82) is 0 Å². The van der Waals surface area contributed by atoms with Crippen LogP contribution in [0, 0.1) is 6.92 Å². The van der Waals surface area contributed by atoms with Crippen molar-refractivity contribution < 1.29 is 18.7 Å². The van der Waals surface area contributed by atoms with E-state index in [1.54, 1.807) is 29.7 Å². The van der Waals surface area contributed by atoms with Crippen molar-refractivity contribution in [2.24, 2.45) is 0 Å². The van der Waals surface area contributed by atoms with Crippen LogP contribution in [0.2, 0.25) is 0 Å². The first kappa shape index (κ1) is 22.9. The molecule has 33 heavy (non-hydrogen) atoms. The van der Waals surface area contributed by atoms with E-state index in [0.717, 1.165) is 17.7 Å². The highest BCUT2D eigenvalue weighted by molar-refractivity contribution is 7.10. The van der Waals surface area contributed by atoms with Gasteiger partial charge in [0.15, 0.2) is 0 Å². The van der Waals surface area contributed by atoms with Crippen LogP contribution in [0.3, 0.4) is 0 Å². The number of hydrogen-bond donors (Lipinski definition) is 1. The molecule has 0 aliphatic carbocycles. The molecule has 0 saturated carbocycles. The molecule has 3 heterocycles. The van der Waals surface area contributed by atoms with Crippen LogP contribution in [0.1, 0.15) is 34.7 Å². The summed E-state index contributed by atoms with van der Waals surface area (Å²) in [5.41, 5.74) is 2.29. The first-order valence-electron chi connectivity index (χ1n) is 11.2. The molecule has 2 aromatic heterocycles. The zero-order chi connectivity index (χ0) is 23.2. The number of urea groups is 1. The molecule has 1 aromatic carbocycles. The highest BCUT2D eigenvalue weighted by atomic mass is 32.1. The average Bonchev–Trinajstić information content (AvgIpc) is 3.50. The molecule has 1 N–H and O–H groups in total. The molecular weight excluding hydrogens is 438 g/mol. The lowest BCUT2D eigenvalue weighted by atomic mass is 10.0. The molecule has 7 nitrogen and oxygen atoms in total. The molecule has 1 aliphatic heterocycles. The van der Waals surface area contributed by atoms with Crippen LogP contribution in [0.4, 0.5) is 4.79 Å². The second-order valence-electron chi connectivity index (χ2n) is 8.05. The summed E-state index contributed by atoms with van der Waals surface area (Å²) >= 11 is 1.71. The zero-order valence-corrected chi connectivity index (χ0v) is 19.8. The number of nitrogens with one attached hydrogen (secondary N) is 1. The standard InChI is InChI=1S/C25H29N3O4S/c1-3-26-25(30)27(15-20-5-4-13-31-20)16-24(29)28-12-10-23-21(11-14-33-23)22(28)17-32-19-8-6-18(2)7-9-19/h4-9,11,13-14,22H,3,10,12,15-17H2,1-2H3,(H,26,30). The van der Waals surface area contributed by atoms with Crippen LogP contribution in [-0.2, 0) is 17.8 Å². The van der Waals surface area contributed by atoms with Crippen molar-refractivity contribution in [1.82, 2.24) is 15.1 Å². The molecule has 3 amide bonds. The van der Waals surface area contributed by atoms with Crippen molar-refractivity contribution in [2.75, 3.05) is 26.2 Å². The van der Waals surface area contributed by atoms with Gasteiger partial charge in [0.2, 0.25) is 5.91 Å². The number of aryl methyl sites for hydroxylation is 1. The number of hydrogen-bond acceptors (Lipinski definition) is 5. The Morgan fingerprint density at radius 2 is 2.06 bits per heavy atom. The van der Waals surface area contributed by atoms with E-state index in [1.807, 2.05) is 43.0 Å². The van der Waals surface area contributed by atoms with E-state index in [0.29, 0.717) is 25.5 Å². The van der Waals surface area contributed by atoms with Crippen LogP contribution in [0.5, 0.6) is 5.75 Å². The summed E-state index contributed by atoms with van der Waals surface area (Å²) in [5.74, 6) is 1.30. The summed E-state index contributed by atoms with van der Waals surface area (Å²) < 4.78 is 11.5. The molecule has 1 unspecified atom stereocenters. The van der Waals surface area contributed by atoms with E-state index in [4.69, 9.17) is 9.15 Å². The fraction of sp³-hybridized carbons (Fsp3) is 0.360. The molecule has 0 bridgehead atoms. The molecule has 0 saturated heterocycles. The maximum absolute atomic E-state index is 13.5. The molecule has 3 aromatic rings. The predicted octanol–water partition coefficient (Wildman–Crippen LogP) is 4.39. The minimum atomic E-state index is -0.289. The van der Waals surface area contributed by atoms with Gasteiger partial charge >= 0.3 is 6.03 Å². The summed E-state index contributed by atoms with van der Waals surface area (Å²) in [6.45, 7) is 5.52. The average molecular weight is 468 g/mol. The van der Waals surface area contributed by atoms with Gasteiger partial charge in [-0.25, -0.2) is 4.79 Å². The number of ether oxygens (including phenoxy) is 1. The van der Waals surface area contributed by atoms with Gasteiger partial charge < -0.3 is 24.3 Å². The number of carbonyl (C=O) groups is 2. The Balaban J connectivity index is 1.50. The maximum atomic E-state index is 13.5. The fourth-order valence-corrected chi connectivity index (χ4v) is 4.92. The predicted molar refractivity (Wildman–Crippen MR) is 127 cm³/mol. The van der Waals surface area contributed by atoms with Crippen LogP contribution < -0.4 is 10.1 Å². The van der Waals surface area contributed by atoms with Gasteiger partial charge in [0.05, 0.1) is 18.8 Å². The van der Waals surface area contributed by atoms with Gasteiger partial charge in [0, 0.05) is 18.0 Å². The molecular formula is C25H29N3O4S. The number of carbonyl (C=O) groups excluding carboxylic acids is 2. The molecule has 174 valence electrons. The van der Waals surface area contributed by atoms with Gasteiger partial charge in [0.1, 0.15) is 24.7 Å². The lowest BCUT2D eigenvalue weighted by molar-refractivity contribution is -0.135. The molecule has 0 spiro atoms. The van der Waals surface area contributed by atoms with Gasteiger partial charge in [-0.3, -0.25) is 4.79 Å².